The summed E-state index contributed by atoms with van der Waals surface area (Å²) in [5, 5.41) is 2.94. The summed E-state index contributed by atoms with van der Waals surface area (Å²) in [6.07, 6.45) is 3.04. The third-order valence-electron chi connectivity index (χ3n) is 3.65. The van der Waals surface area contributed by atoms with E-state index in [2.05, 4.69) is 39.4 Å². The number of anilines is 1. The van der Waals surface area contributed by atoms with E-state index in [-0.39, 0.29) is 5.91 Å². The third-order valence-corrected chi connectivity index (χ3v) is 3.65. The second-order valence-electron chi connectivity index (χ2n) is 5.69. The molecule has 0 atom stereocenters. The second-order valence-corrected chi connectivity index (χ2v) is 5.69. The molecule has 20 heavy (non-hydrogen) atoms. The minimum Gasteiger partial charge on any atom is -0.372 e. The fraction of sp³-hybridized carbons (Fsp3) is 0.562. The first-order chi connectivity index (χ1) is 9.65. The number of carbonyl (C=O) groups is 1. The fourth-order valence-corrected chi connectivity index (χ4v) is 2.47. The summed E-state index contributed by atoms with van der Waals surface area (Å²) in [6.45, 7) is 3.89. The largest absolute Gasteiger partial charge is 0.372 e. The van der Waals surface area contributed by atoms with Gasteiger partial charge in [0.2, 0.25) is 5.91 Å². The zero-order chi connectivity index (χ0) is 14.4. The number of likely N-dealkylation sites (N-methyl/N-ethyl adjacent to an activating group) is 1. The Kier molecular flexibility index (Phi) is 5.41. The molecular formula is C16H25N3O. The Morgan fingerprint density at radius 1 is 1.20 bits per heavy atom. The number of hydrogen-bond donors (Lipinski definition) is 1. The van der Waals surface area contributed by atoms with Crippen molar-refractivity contribution in [3.05, 3.63) is 29.8 Å². The van der Waals surface area contributed by atoms with Gasteiger partial charge in [-0.25, -0.2) is 0 Å². The molecule has 1 N–H and O–H groups in total. The van der Waals surface area contributed by atoms with E-state index in [1.54, 1.807) is 0 Å². The molecule has 2 rings (SSSR count). The summed E-state index contributed by atoms with van der Waals surface area (Å²) < 4.78 is 0. The van der Waals surface area contributed by atoms with Crippen molar-refractivity contribution < 1.29 is 4.79 Å². The third kappa shape index (κ3) is 4.53. The first-order valence-corrected chi connectivity index (χ1v) is 7.40. The molecule has 110 valence electrons. The van der Waals surface area contributed by atoms with Gasteiger partial charge < -0.3 is 15.1 Å². The second kappa shape index (κ2) is 7.29. The minimum absolute atomic E-state index is 0.0979. The molecule has 4 nitrogen and oxygen atoms in total. The maximum absolute atomic E-state index is 11.8. The summed E-state index contributed by atoms with van der Waals surface area (Å²) in [7, 11) is 4.01. The van der Waals surface area contributed by atoms with E-state index < -0.39 is 0 Å². The van der Waals surface area contributed by atoms with Crippen LogP contribution in [0.15, 0.2) is 24.3 Å². The number of benzene rings is 1. The van der Waals surface area contributed by atoms with Gasteiger partial charge in [-0.15, -0.1) is 0 Å². The molecule has 0 radical (unpaired) electrons. The number of hydrogen-bond acceptors (Lipinski definition) is 3. The molecule has 0 bridgehead atoms. The highest BCUT2D eigenvalue weighted by molar-refractivity contribution is 5.78. The van der Waals surface area contributed by atoms with Crippen LogP contribution in [-0.2, 0) is 11.2 Å². The van der Waals surface area contributed by atoms with Crippen molar-refractivity contribution in [2.24, 2.45) is 0 Å². The maximum Gasteiger partial charge on any atom is 0.224 e. The van der Waals surface area contributed by atoms with Crippen LogP contribution in [-0.4, -0.2) is 51.1 Å². The van der Waals surface area contributed by atoms with Crippen molar-refractivity contribution in [3.8, 4) is 0 Å². The first kappa shape index (κ1) is 14.9. The molecule has 0 aliphatic carbocycles. The van der Waals surface area contributed by atoms with E-state index in [1.165, 1.54) is 18.5 Å². The molecule has 0 spiro atoms. The lowest BCUT2D eigenvalue weighted by atomic mass is 10.1. The highest BCUT2D eigenvalue weighted by Gasteiger charge is 2.12. The lowest BCUT2D eigenvalue weighted by molar-refractivity contribution is -0.120. The van der Waals surface area contributed by atoms with Crippen LogP contribution in [0.1, 0.15) is 18.4 Å². The molecule has 0 saturated carbocycles. The van der Waals surface area contributed by atoms with Crippen molar-refractivity contribution in [1.29, 1.82) is 0 Å². The lowest BCUT2D eigenvalue weighted by Gasteiger charge is -2.17. The molecule has 1 amide bonds. The van der Waals surface area contributed by atoms with Crippen LogP contribution in [0.3, 0.4) is 0 Å². The van der Waals surface area contributed by atoms with Gasteiger partial charge in [0.1, 0.15) is 0 Å². The lowest BCUT2D eigenvalue weighted by Crippen LogP contribution is -2.32. The normalized spacial score (nSPS) is 14.8. The van der Waals surface area contributed by atoms with Gasteiger partial charge in [0, 0.05) is 31.9 Å². The van der Waals surface area contributed by atoms with Crippen molar-refractivity contribution in [1.82, 2.24) is 10.2 Å². The van der Waals surface area contributed by atoms with Crippen LogP contribution in [0.5, 0.6) is 0 Å². The number of nitrogens with zero attached hydrogens (tertiary/aromatic N) is 2. The smallest absolute Gasteiger partial charge is 0.224 e. The van der Waals surface area contributed by atoms with E-state index in [9.17, 15) is 4.79 Å². The van der Waals surface area contributed by atoms with Gasteiger partial charge in [0.15, 0.2) is 0 Å². The van der Waals surface area contributed by atoms with Gasteiger partial charge in [0.05, 0.1) is 6.42 Å². The van der Waals surface area contributed by atoms with Crippen LogP contribution in [0.2, 0.25) is 0 Å². The zero-order valence-electron chi connectivity index (χ0n) is 12.6. The predicted molar refractivity (Wildman–Crippen MR) is 83.2 cm³/mol. The van der Waals surface area contributed by atoms with Gasteiger partial charge in [-0.05, 0) is 44.6 Å². The highest BCUT2D eigenvalue weighted by Crippen LogP contribution is 2.20. The SMILES string of the molecule is CN(C)CCNC(=O)Cc1ccc(N2CCCC2)cc1. The number of rotatable bonds is 6. The summed E-state index contributed by atoms with van der Waals surface area (Å²) in [6, 6.07) is 8.40. The topological polar surface area (TPSA) is 35.6 Å². The zero-order valence-corrected chi connectivity index (χ0v) is 12.6. The monoisotopic (exact) mass is 275 g/mol. The summed E-state index contributed by atoms with van der Waals surface area (Å²) >= 11 is 0. The Hall–Kier alpha value is -1.55. The number of nitrogens with one attached hydrogen (secondary N) is 1. The van der Waals surface area contributed by atoms with Crippen molar-refractivity contribution in [2.75, 3.05) is 45.2 Å². The minimum atomic E-state index is 0.0979. The summed E-state index contributed by atoms with van der Waals surface area (Å²) in [5.74, 6) is 0.0979. The Labute approximate surface area is 121 Å². The Bertz CT molecular complexity index is 422. The summed E-state index contributed by atoms with van der Waals surface area (Å²) in [4.78, 5) is 16.3. The van der Waals surface area contributed by atoms with E-state index >= 15 is 0 Å². The van der Waals surface area contributed by atoms with E-state index in [4.69, 9.17) is 0 Å². The Morgan fingerprint density at radius 3 is 2.45 bits per heavy atom. The molecule has 1 aromatic carbocycles. The number of carbonyl (C=O) groups excluding carboxylic acids is 1. The average molecular weight is 275 g/mol. The van der Waals surface area contributed by atoms with Crippen LogP contribution in [0.25, 0.3) is 0 Å². The fourth-order valence-electron chi connectivity index (χ4n) is 2.47. The van der Waals surface area contributed by atoms with E-state index in [1.807, 2.05) is 14.1 Å². The Balaban J connectivity index is 1.79. The van der Waals surface area contributed by atoms with E-state index in [0.29, 0.717) is 13.0 Å². The molecule has 0 unspecified atom stereocenters. The molecule has 1 aliphatic heterocycles. The highest BCUT2D eigenvalue weighted by atomic mass is 16.1. The molecule has 0 aromatic heterocycles. The van der Waals surface area contributed by atoms with Crippen LogP contribution < -0.4 is 10.2 Å². The van der Waals surface area contributed by atoms with Gasteiger partial charge in [-0.3, -0.25) is 4.79 Å². The van der Waals surface area contributed by atoms with Crippen molar-refractivity contribution >= 4 is 11.6 Å². The van der Waals surface area contributed by atoms with Crippen LogP contribution >= 0.6 is 0 Å². The molecule has 4 heteroatoms. The van der Waals surface area contributed by atoms with Gasteiger partial charge in [0.25, 0.3) is 0 Å². The molecule has 1 aliphatic rings. The molecule has 1 saturated heterocycles. The summed E-state index contributed by atoms with van der Waals surface area (Å²) in [5.41, 5.74) is 2.36. The van der Waals surface area contributed by atoms with Crippen molar-refractivity contribution in [2.45, 2.75) is 19.3 Å². The average Bonchev–Trinajstić information content (AvgIpc) is 2.93. The standard InChI is InChI=1S/C16H25N3O/c1-18(2)12-9-17-16(20)13-14-5-7-15(8-6-14)19-10-3-4-11-19/h5-8H,3-4,9-13H2,1-2H3,(H,17,20). The Morgan fingerprint density at radius 2 is 1.85 bits per heavy atom. The van der Waals surface area contributed by atoms with Crippen LogP contribution in [0.4, 0.5) is 5.69 Å². The van der Waals surface area contributed by atoms with Crippen LogP contribution in [0, 0.1) is 0 Å². The first-order valence-electron chi connectivity index (χ1n) is 7.40. The van der Waals surface area contributed by atoms with Gasteiger partial charge in [-0.1, -0.05) is 12.1 Å². The molecule has 1 aromatic rings. The molecule has 1 heterocycles. The predicted octanol–water partition coefficient (Wildman–Crippen LogP) is 1.51. The van der Waals surface area contributed by atoms with Gasteiger partial charge >= 0.3 is 0 Å². The van der Waals surface area contributed by atoms with Crippen molar-refractivity contribution in [3.63, 3.8) is 0 Å². The molecule has 1 fully saturated rings. The van der Waals surface area contributed by atoms with E-state index in [0.717, 1.165) is 25.2 Å². The van der Waals surface area contributed by atoms with Gasteiger partial charge in [-0.2, -0.15) is 0 Å². The maximum atomic E-state index is 11.8. The quantitative estimate of drug-likeness (QED) is 0.855. The molecular weight excluding hydrogens is 250 g/mol. The number of amides is 1.